The van der Waals surface area contributed by atoms with Crippen LogP contribution in [-0.4, -0.2) is 108 Å². The second-order valence-corrected chi connectivity index (χ2v) is 13.8. The molecule has 39 heavy (non-hydrogen) atoms. The number of carbonyl (C=O) groups excluding carboxylic acids is 2. The third-order valence-corrected chi connectivity index (χ3v) is 11.4. The van der Waals surface area contributed by atoms with Gasteiger partial charge in [0.1, 0.15) is 6.17 Å². The maximum Gasteiger partial charge on any atom is 0.256 e. The largest absolute Gasteiger partial charge is 0.369 e. The number of amides is 1. The van der Waals surface area contributed by atoms with Gasteiger partial charge in [-0.25, -0.2) is 4.39 Å². The quantitative estimate of drug-likeness (QED) is 0.525. The number of rotatable bonds is 3. The average molecular weight is 544 g/mol. The Morgan fingerprint density at radius 3 is 2.49 bits per heavy atom. The summed E-state index contributed by atoms with van der Waals surface area (Å²) in [5.74, 6) is 0.316. The van der Waals surface area contributed by atoms with Gasteiger partial charge in [-0.2, -0.15) is 0 Å². The number of alkyl halides is 1. The van der Waals surface area contributed by atoms with Gasteiger partial charge in [0.2, 0.25) is 0 Å². The lowest BCUT2D eigenvalue weighted by molar-refractivity contribution is -0.219. The maximum absolute atomic E-state index is 16.1. The number of carbonyl (C=O) groups is 2. The van der Waals surface area contributed by atoms with Gasteiger partial charge in [0.05, 0.1) is 35.9 Å². The van der Waals surface area contributed by atoms with E-state index in [9.17, 15) is 9.59 Å². The molecule has 6 fully saturated rings. The SMILES string of the molecule is CN1CCC(NC(=O)C2=CN3C4CC5CCCCC5CC4OC4C(N5CCC(N)C5)C(F)CC(C2=O)C43)CC1. The molecule has 0 aromatic rings. The smallest absolute Gasteiger partial charge is 0.256 e. The van der Waals surface area contributed by atoms with Gasteiger partial charge >= 0.3 is 0 Å². The Hall–Kier alpha value is -1.55. The molecule has 9 heteroatoms. The molecule has 10 unspecified atom stereocenters. The first kappa shape index (κ1) is 26.4. The van der Waals surface area contributed by atoms with Gasteiger partial charge < -0.3 is 25.6 Å². The molecular formula is C30H46FN5O3. The van der Waals surface area contributed by atoms with E-state index in [1.165, 1.54) is 25.7 Å². The van der Waals surface area contributed by atoms with E-state index in [-0.39, 0.29) is 66.1 Å². The molecule has 0 radical (unpaired) electrons. The molecule has 4 heterocycles. The fourth-order valence-corrected chi connectivity index (χ4v) is 9.37. The lowest BCUT2D eigenvalue weighted by atomic mass is 9.64. The molecule has 0 aromatic carbocycles. The van der Waals surface area contributed by atoms with E-state index >= 15 is 4.39 Å². The van der Waals surface area contributed by atoms with Crippen molar-refractivity contribution in [1.82, 2.24) is 20.0 Å². The summed E-state index contributed by atoms with van der Waals surface area (Å²) >= 11 is 0. The van der Waals surface area contributed by atoms with Crippen molar-refractivity contribution in [3.63, 3.8) is 0 Å². The van der Waals surface area contributed by atoms with Crippen LogP contribution in [0.2, 0.25) is 0 Å². The number of fused-ring (bicyclic) bond motifs is 3. The van der Waals surface area contributed by atoms with Gasteiger partial charge in [-0.05, 0) is 70.5 Å². The van der Waals surface area contributed by atoms with Crippen LogP contribution >= 0.6 is 0 Å². The van der Waals surface area contributed by atoms with Crippen molar-refractivity contribution in [3.8, 4) is 0 Å². The third-order valence-electron chi connectivity index (χ3n) is 11.4. The first-order valence-electron chi connectivity index (χ1n) is 15.7. The highest BCUT2D eigenvalue weighted by Gasteiger charge is 2.61. The predicted octanol–water partition coefficient (Wildman–Crippen LogP) is 1.83. The summed E-state index contributed by atoms with van der Waals surface area (Å²) in [5.41, 5.74) is 6.48. The molecule has 1 amide bonds. The number of hydrogen-bond donors (Lipinski definition) is 2. The summed E-state index contributed by atoms with van der Waals surface area (Å²) in [5, 5.41) is 3.17. The van der Waals surface area contributed by atoms with Crippen LogP contribution in [0.25, 0.3) is 0 Å². The third kappa shape index (κ3) is 4.65. The Balaban J connectivity index is 1.21. The van der Waals surface area contributed by atoms with E-state index in [2.05, 4.69) is 27.1 Å². The molecule has 0 spiro atoms. The zero-order valence-corrected chi connectivity index (χ0v) is 23.3. The number of halogens is 1. The fraction of sp³-hybridized carbons (Fsp3) is 0.867. The van der Waals surface area contributed by atoms with Crippen LogP contribution in [0.4, 0.5) is 4.39 Å². The van der Waals surface area contributed by atoms with Gasteiger partial charge in [0.25, 0.3) is 5.91 Å². The number of likely N-dealkylation sites (tertiary alicyclic amines) is 2. The molecule has 0 bridgehead atoms. The minimum Gasteiger partial charge on any atom is -0.369 e. The van der Waals surface area contributed by atoms with E-state index < -0.39 is 12.1 Å². The summed E-state index contributed by atoms with van der Waals surface area (Å²) in [6.45, 7) is 3.32. The number of piperidine rings is 1. The van der Waals surface area contributed by atoms with Crippen molar-refractivity contribution < 1.29 is 18.7 Å². The summed E-state index contributed by atoms with van der Waals surface area (Å²) < 4.78 is 23.1. The molecule has 3 saturated carbocycles. The molecule has 7 aliphatic rings. The minimum absolute atomic E-state index is 0.0120. The highest BCUT2D eigenvalue weighted by Crippen LogP contribution is 2.51. The van der Waals surface area contributed by atoms with Crippen molar-refractivity contribution in [2.24, 2.45) is 23.5 Å². The molecule has 10 atom stereocenters. The molecule has 8 nitrogen and oxygen atoms in total. The Morgan fingerprint density at radius 1 is 1.03 bits per heavy atom. The van der Waals surface area contributed by atoms with Crippen molar-refractivity contribution in [3.05, 3.63) is 11.8 Å². The molecule has 216 valence electrons. The monoisotopic (exact) mass is 543 g/mol. The molecule has 3 N–H and O–H groups in total. The second kappa shape index (κ2) is 10.4. The number of morpholine rings is 1. The van der Waals surface area contributed by atoms with Crippen LogP contribution in [0.5, 0.6) is 0 Å². The van der Waals surface area contributed by atoms with Crippen LogP contribution in [0.1, 0.15) is 64.2 Å². The van der Waals surface area contributed by atoms with Gasteiger partial charge in [-0.1, -0.05) is 25.7 Å². The number of ketones is 1. The molecule has 3 saturated heterocycles. The summed E-state index contributed by atoms with van der Waals surface area (Å²) in [7, 11) is 2.09. The Bertz CT molecular complexity index is 1000. The van der Waals surface area contributed by atoms with Gasteiger partial charge in [0.15, 0.2) is 5.78 Å². The zero-order valence-electron chi connectivity index (χ0n) is 23.3. The number of nitrogens with two attached hydrogens (primary N) is 1. The van der Waals surface area contributed by atoms with E-state index in [0.717, 1.165) is 51.7 Å². The molecule has 4 aliphatic heterocycles. The van der Waals surface area contributed by atoms with Crippen LogP contribution in [0.3, 0.4) is 0 Å². The Morgan fingerprint density at radius 2 is 1.77 bits per heavy atom. The van der Waals surface area contributed by atoms with Crippen LogP contribution in [0.15, 0.2) is 11.8 Å². The highest BCUT2D eigenvalue weighted by molar-refractivity contribution is 6.20. The minimum atomic E-state index is -1.17. The number of nitrogens with one attached hydrogen (secondary N) is 1. The van der Waals surface area contributed by atoms with E-state index in [1.807, 2.05) is 6.20 Å². The van der Waals surface area contributed by atoms with Gasteiger partial charge in [-0.15, -0.1) is 0 Å². The molecular weight excluding hydrogens is 497 g/mol. The fourth-order valence-electron chi connectivity index (χ4n) is 9.37. The average Bonchev–Trinajstić information content (AvgIpc) is 3.35. The lowest BCUT2D eigenvalue weighted by Crippen LogP contribution is -2.73. The first-order valence-corrected chi connectivity index (χ1v) is 15.7. The van der Waals surface area contributed by atoms with Crippen LogP contribution in [0, 0.1) is 17.8 Å². The van der Waals surface area contributed by atoms with Gasteiger partial charge in [0, 0.05) is 37.3 Å². The molecule has 0 aromatic heterocycles. The molecule has 7 rings (SSSR count). The second-order valence-electron chi connectivity index (χ2n) is 13.8. The summed E-state index contributed by atoms with van der Waals surface area (Å²) in [4.78, 5) is 34.3. The first-order chi connectivity index (χ1) is 18.9. The number of hydrogen-bond acceptors (Lipinski definition) is 7. The van der Waals surface area contributed by atoms with E-state index in [1.54, 1.807) is 0 Å². The normalized spacial score (nSPS) is 45.3. The van der Waals surface area contributed by atoms with E-state index in [4.69, 9.17) is 10.5 Å². The number of ether oxygens (including phenoxy) is 1. The predicted molar refractivity (Wildman–Crippen MR) is 145 cm³/mol. The summed E-state index contributed by atoms with van der Waals surface area (Å²) in [6.07, 6.45) is 10.2. The molecule has 3 aliphatic carbocycles. The number of Topliss-reactive ketones (excluding diaryl/α,β-unsaturated/α-hetero) is 1. The maximum atomic E-state index is 16.1. The van der Waals surface area contributed by atoms with Gasteiger partial charge in [-0.3, -0.25) is 14.5 Å². The summed E-state index contributed by atoms with van der Waals surface area (Å²) in [6, 6.07) is -0.324. The highest BCUT2D eigenvalue weighted by atomic mass is 19.1. The van der Waals surface area contributed by atoms with Crippen LogP contribution in [-0.2, 0) is 14.3 Å². The van der Waals surface area contributed by atoms with E-state index in [0.29, 0.717) is 18.4 Å². The van der Waals surface area contributed by atoms with Crippen molar-refractivity contribution in [2.45, 2.75) is 113 Å². The lowest BCUT2D eigenvalue weighted by Gasteiger charge is -2.61. The van der Waals surface area contributed by atoms with Crippen molar-refractivity contribution in [1.29, 1.82) is 0 Å². The topological polar surface area (TPSA) is 91.1 Å². The zero-order chi connectivity index (χ0) is 26.8. The van der Waals surface area contributed by atoms with Crippen molar-refractivity contribution >= 4 is 11.7 Å². The Kier molecular flexibility index (Phi) is 7.01. The van der Waals surface area contributed by atoms with Crippen molar-refractivity contribution in [2.75, 3.05) is 33.2 Å². The van der Waals surface area contributed by atoms with Crippen LogP contribution < -0.4 is 11.1 Å². The standard InChI is InChI=1S/C30H46FN5O3/c1-34-9-7-20(8-10-34)33-30(38)22-16-36-24-12-17-4-2-3-5-18(17)13-25(24)39-29-26(36)21(28(22)37)14-23(31)27(29)35-11-6-19(32)15-35/h16-21,23-27,29H,2-15,32H2,1H3,(H,33,38). The number of nitrogens with zero attached hydrogens (tertiary/aromatic N) is 3. The Labute approximate surface area is 231 Å².